The fraction of sp³-hybridized carbons (Fsp3) is 0.296. The molecular weight excluding hydrogens is 420 g/mol. The molecule has 0 radical (unpaired) electrons. The summed E-state index contributed by atoms with van der Waals surface area (Å²) in [7, 11) is 0. The van der Waals surface area contributed by atoms with Gasteiger partial charge >= 0.3 is 0 Å². The van der Waals surface area contributed by atoms with Crippen LogP contribution in [0.2, 0.25) is 0 Å². The molecule has 1 heterocycles. The van der Waals surface area contributed by atoms with Crippen LogP contribution < -0.4 is 9.47 Å². The Labute approximate surface area is 192 Å². The van der Waals surface area contributed by atoms with Crippen molar-refractivity contribution in [2.45, 2.75) is 36.0 Å². The molecule has 32 heavy (non-hydrogen) atoms. The van der Waals surface area contributed by atoms with Crippen molar-refractivity contribution in [3.05, 3.63) is 77.9 Å². The van der Waals surface area contributed by atoms with Crippen LogP contribution in [0.1, 0.15) is 30.4 Å². The third kappa shape index (κ3) is 4.27. The van der Waals surface area contributed by atoms with Crippen LogP contribution >= 0.6 is 11.8 Å². The van der Waals surface area contributed by atoms with Crippen LogP contribution in [0.5, 0.6) is 11.5 Å². The predicted octanol–water partition coefficient (Wildman–Crippen LogP) is 5.40. The van der Waals surface area contributed by atoms with Crippen LogP contribution in [0, 0.1) is 0 Å². The van der Waals surface area contributed by atoms with Crippen molar-refractivity contribution in [1.82, 2.24) is 0 Å². The number of ether oxygens (including phenoxy) is 2. The molecule has 5 heteroatoms. The van der Waals surface area contributed by atoms with Crippen LogP contribution in [0.25, 0.3) is 11.1 Å². The third-order valence-electron chi connectivity index (χ3n) is 6.26. The van der Waals surface area contributed by atoms with E-state index in [1.54, 1.807) is 11.8 Å². The largest absolute Gasteiger partial charge is 0.454 e. The van der Waals surface area contributed by atoms with Gasteiger partial charge in [0, 0.05) is 23.7 Å². The number of fused-ring (bicyclic) bond motifs is 1. The highest BCUT2D eigenvalue weighted by Crippen LogP contribution is 2.51. The Hall–Kier alpha value is -2.76. The van der Waals surface area contributed by atoms with Gasteiger partial charge in [0.15, 0.2) is 11.5 Å². The van der Waals surface area contributed by atoms with E-state index in [1.807, 2.05) is 30.3 Å². The van der Waals surface area contributed by atoms with E-state index in [9.17, 15) is 4.79 Å². The van der Waals surface area contributed by atoms with Crippen LogP contribution in [0.4, 0.5) is 0 Å². The first-order valence-corrected chi connectivity index (χ1v) is 12.0. The fourth-order valence-corrected chi connectivity index (χ4v) is 5.10. The molecule has 0 spiro atoms. The maximum Gasteiger partial charge on any atom is 0.231 e. The highest BCUT2D eigenvalue weighted by atomic mass is 32.2. The minimum absolute atomic E-state index is 0.229. The predicted molar refractivity (Wildman–Crippen MR) is 126 cm³/mol. The Bertz CT molecular complexity index is 1120. The number of ketones is 1. The Morgan fingerprint density at radius 3 is 2.53 bits per heavy atom. The molecule has 3 aromatic carbocycles. The standard InChI is InChI=1S/C27H26O4S/c28-13-2-14-32-23-8-5-20(6-9-23)21-4-1-3-19(15-21)16-26(29)27(11-12-27)22-7-10-24-25(17-22)31-18-30-24/h1,3-10,15,17,28H,2,11-14,16,18H2. The van der Waals surface area contributed by atoms with E-state index in [2.05, 4.69) is 36.4 Å². The maximum atomic E-state index is 13.3. The van der Waals surface area contributed by atoms with Crippen LogP contribution in [0.15, 0.2) is 71.6 Å². The van der Waals surface area contributed by atoms with E-state index < -0.39 is 0 Å². The molecule has 0 aromatic heterocycles. The Morgan fingerprint density at radius 1 is 0.938 bits per heavy atom. The summed E-state index contributed by atoms with van der Waals surface area (Å²) in [4.78, 5) is 14.5. The maximum absolute atomic E-state index is 13.3. The summed E-state index contributed by atoms with van der Waals surface area (Å²) in [6, 6.07) is 22.7. The lowest BCUT2D eigenvalue weighted by Crippen LogP contribution is -2.22. The first-order chi connectivity index (χ1) is 15.7. The van der Waals surface area contributed by atoms with Gasteiger partial charge in [0.25, 0.3) is 0 Å². The Kier molecular flexibility index (Phi) is 5.94. The summed E-state index contributed by atoms with van der Waals surface area (Å²) >= 11 is 1.75. The zero-order valence-electron chi connectivity index (χ0n) is 17.9. The summed E-state index contributed by atoms with van der Waals surface area (Å²) in [5.41, 5.74) is 3.96. The quantitative estimate of drug-likeness (QED) is 0.352. The monoisotopic (exact) mass is 446 g/mol. The highest BCUT2D eigenvalue weighted by molar-refractivity contribution is 7.99. The number of hydrogen-bond donors (Lipinski definition) is 1. The molecule has 1 fully saturated rings. The molecule has 3 aromatic rings. The molecule has 0 amide bonds. The van der Waals surface area contributed by atoms with Gasteiger partial charge in [-0.05, 0) is 65.8 Å². The van der Waals surface area contributed by atoms with Crippen LogP contribution in [0.3, 0.4) is 0 Å². The fourth-order valence-electron chi connectivity index (χ4n) is 4.26. The van der Waals surface area contributed by atoms with Crippen molar-refractivity contribution in [2.75, 3.05) is 19.2 Å². The molecule has 0 saturated heterocycles. The molecule has 1 saturated carbocycles. The van der Waals surface area contributed by atoms with Crippen molar-refractivity contribution in [2.24, 2.45) is 0 Å². The number of thioether (sulfide) groups is 1. The zero-order valence-corrected chi connectivity index (χ0v) is 18.7. The number of aliphatic hydroxyl groups excluding tert-OH is 1. The molecule has 2 aliphatic rings. The lowest BCUT2D eigenvalue weighted by Gasteiger charge is -2.15. The van der Waals surface area contributed by atoms with Crippen molar-refractivity contribution in [3.63, 3.8) is 0 Å². The van der Waals surface area contributed by atoms with Gasteiger partial charge in [-0.3, -0.25) is 4.79 Å². The molecule has 4 nitrogen and oxygen atoms in total. The molecule has 0 atom stereocenters. The average Bonchev–Trinajstić information content (AvgIpc) is 3.51. The van der Waals surface area contributed by atoms with Crippen molar-refractivity contribution >= 4 is 17.5 Å². The number of benzene rings is 3. The van der Waals surface area contributed by atoms with Crippen LogP contribution in [-0.4, -0.2) is 30.0 Å². The van der Waals surface area contributed by atoms with Gasteiger partial charge in [0.2, 0.25) is 6.79 Å². The van der Waals surface area contributed by atoms with E-state index in [-0.39, 0.29) is 24.6 Å². The van der Waals surface area contributed by atoms with E-state index in [0.29, 0.717) is 6.42 Å². The molecule has 5 rings (SSSR count). The lowest BCUT2D eigenvalue weighted by atomic mass is 9.87. The van der Waals surface area contributed by atoms with Crippen LogP contribution in [-0.2, 0) is 16.6 Å². The summed E-state index contributed by atoms with van der Waals surface area (Å²) < 4.78 is 10.9. The normalized spacial score (nSPS) is 15.5. The lowest BCUT2D eigenvalue weighted by molar-refractivity contribution is -0.120. The van der Waals surface area contributed by atoms with Gasteiger partial charge in [-0.15, -0.1) is 11.8 Å². The Morgan fingerprint density at radius 2 is 1.75 bits per heavy atom. The summed E-state index contributed by atoms with van der Waals surface area (Å²) in [5.74, 6) is 2.67. The molecule has 0 bridgehead atoms. The molecular formula is C27H26O4S. The number of Topliss-reactive ketones (excluding diaryl/α,β-unsaturated/α-hetero) is 1. The first kappa shape index (κ1) is 21.1. The molecule has 1 aliphatic carbocycles. The average molecular weight is 447 g/mol. The van der Waals surface area contributed by atoms with Gasteiger partial charge in [0.1, 0.15) is 5.78 Å². The second-order valence-corrected chi connectivity index (χ2v) is 9.57. The second-order valence-electron chi connectivity index (χ2n) is 8.40. The van der Waals surface area contributed by atoms with Crippen molar-refractivity contribution in [3.8, 4) is 22.6 Å². The topological polar surface area (TPSA) is 55.8 Å². The first-order valence-electron chi connectivity index (χ1n) is 11.0. The minimum Gasteiger partial charge on any atom is -0.454 e. The number of hydrogen-bond acceptors (Lipinski definition) is 5. The second kappa shape index (κ2) is 9.00. The Balaban J connectivity index is 1.29. The number of carbonyl (C=O) groups excluding carboxylic acids is 1. The van der Waals surface area contributed by atoms with Gasteiger partial charge in [-0.25, -0.2) is 0 Å². The van der Waals surface area contributed by atoms with E-state index in [4.69, 9.17) is 14.6 Å². The number of carbonyl (C=O) groups is 1. The SMILES string of the molecule is O=C(Cc1cccc(-c2ccc(SCCCO)cc2)c1)C1(c2ccc3c(c2)OCO3)CC1. The molecule has 0 unspecified atom stereocenters. The molecule has 1 aliphatic heterocycles. The van der Waals surface area contributed by atoms with Gasteiger partial charge < -0.3 is 14.6 Å². The molecule has 1 N–H and O–H groups in total. The third-order valence-corrected chi connectivity index (χ3v) is 7.36. The van der Waals surface area contributed by atoms with Crippen molar-refractivity contribution in [1.29, 1.82) is 0 Å². The van der Waals surface area contributed by atoms with E-state index in [0.717, 1.165) is 58.8 Å². The van der Waals surface area contributed by atoms with Gasteiger partial charge in [-0.2, -0.15) is 0 Å². The number of aliphatic hydroxyl groups is 1. The zero-order chi connectivity index (χ0) is 22.0. The van der Waals surface area contributed by atoms with E-state index >= 15 is 0 Å². The minimum atomic E-state index is -0.384. The number of rotatable bonds is 9. The van der Waals surface area contributed by atoms with Gasteiger partial charge in [0.05, 0.1) is 5.41 Å². The van der Waals surface area contributed by atoms with Gasteiger partial charge in [-0.1, -0.05) is 42.5 Å². The van der Waals surface area contributed by atoms with E-state index in [1.165, 1.54) is 4.90 Å². The summed E-state index contributed by atoms with van der Waals surface area (Å²) in [6.45, 7) is 0.474. The highest BCUT2D eigenvalue weighted by Gasteiger charge is 2.50. The van der Waals surface area contributed by atoms with Crippen molar-refractivity contribution < 1.29 is 19.4 Å². The smallest absolute Gasteiger partial charge is 0.231 e. The summed E-state index contributed by atoms with van der Waals surface area (Å²) in [5, 5.41) is 8.93. The molecule has 164 valence electrons. The summed E-state index contributed by atoms with van der Waals surface area (Å²) in [6.07, 6.45) is 3.01.